The molecule has 2 rings (SSSR count). The highest BCUT2D eigenvalue weighted by Crippen LogP contribution is 2.20. The Hall–Kier alpha value is -1.43. The second-order valence-corrected chi connectivity index (χ2v) is 6.77. The molecule has 0 aliphatic heterocycles. The topological polar surface area (TPSA) is 55.4 Å². The third-order valence-corrected chi connectivity index (χ3v) is 5.09. The number of ether oxygens (including phenoxy) is 1. The molecule has 108 valence electrons. The molecule has 0 fully saturated rings. The molecule has 4 nitrogen and oxygen atoms in total. The Labute approximate surface area is 119 Å². The highest BCUT2D eigenvalue weighted by atomic mass is 32.2. The average molecular weight is 293 g/mol. The van der Waals surface area contributed by atoms with Crippen LogP contribution in [0.4, 0.5) is 0 Å². The second kappa shape index (κ2) is 6.35. The Kier molecular flexibility index (Phi) is 4.75. The molecular formula is C15H19NO3S. The molecule has 0 heterocycles. The summed E-state index contributed by atoms with van der Waals surface area (Å²) in [5.74, 6) is 0.0235. The second-order valence-electron chi connectivity index (χ2n) is 4.73. The Morgan fingerprint density at radius 2 is 1.85 bits per heavy atom. The lowest BCUT2D eigenvalue weighted by Gasteiger charge is -2.15. The Balaban J connectivity index is 2.31. The summed E-state index contributed by atoms with van der Waals surface area (Å²) in [6.07, 6.45) is 0. The maximum atomic E-state index is 12.4. The van der Waals surface area contributed by atoms with Crippen LogP contribution in [-0.4, -0.2) is 41.0 Å². The highest BCUT2D eigenvalue weighted by molar-refractivity contribution is 7.91. The fourth-order valence-corrected chi connectivity index (χ4v) is 3.70. The summed E-state index contributed by atoms with van der Waals surface area (Å²) in [7, 11) is -0.0296. The minimum absolute atomic E-state index is 0.0235. The van der Waals surface area contributed by atoms with Gasteiger partial charge in [-0.15, -0.1) is 0 Å². The average Bonchev–Trinajstić information content (AvgIpc) is 2.46. The number of hydrogen-bond acceptors (Lipinski definition) is 4. The first-order valence-corrected chi connectivity index (χ1v) is 8.10. The van der Waals surface area contributed by atoms with Crippen molar-refractivity contribution in [3.05, 3.63) is 42.5 Å². The van der Waals surface area contributed by atoms with Crippen molar-refractivity contribution in [1.29, 1.82) is 0 Å². The summed E-state index contributed by atoms with van der Waals surface area (Å²) >= 11 is 0. The normalized spacial score (nSPS) is 13.5. The molecule has 0 saturated carbocycles. The number of fused-ring (bicyclic) bond motifs is 1. The van der Waals surface area contributed by atoms with Crippen LogP contribution in [0.1, 0.15) is 0 Å². The maximum Gasteiger partial charge on any atom is 0.180 e. The predicted molar refractivity (Wildman–Crippen MR) is 80.7 cm³/mol. The van der Waals surface area contributed by atoms with Gasteiger partial charge in [-0.3, -0.25) is 0 Å². The van der Waals surface area contributed by atoms with Crippen LogP contribution in [-0.2, 0) is 14.6 Å². The molecule has 0 spiro atoms. The predicted octanol–water partition coefficient (Wildman–Crippen LogP) is 1.85. The number of hydrogen-bond donors (Lipinski definition) is 1. The molecule has 0 aromatic heterocycles. The third kappa shape index (κ3) is 3.36. The van der Waals surface area contributed by atoms with Gasteiger partial charge < -0.3 is 10.1 Å². The molecule has 0 aliphatic carbocycles. The molecule has 5 heteroatoms. The standard InChI is InChI=1S/C15H19NO3S/c1-16-14(10-19-2)11-20(17,18)15-8-7-12-5-3-4-6-13(12)9-15/h3-9,14,16H,10-11H2,1-2H3. The van der Waals surface area contributed by atoms with Crippen LogP contribution in [0.2, 0.25) is 0 Å². The largest absolute Gasteiger partial charge is 0.383 e. The lowest BCUT2D eigenvalue weighted by Crippen LogP contribution is -2.36. The zero-order valence-electron chi connectivity index (χ0n) is 11.7. The van der Waals surface area contributed by atoms with E-state index >= 15 is 0 Å². The fraction of sp³-hybridized carbons (Fsp3) is 0.333. The molecule has 0 aliphatic rings. The first kappa shape index (κ1) is 15.0. The molecule has 1 unspecified atom stereocenters. The van der Waals surface area contributed by atoms with Gasteiger partial charge in [-0.1, -0.05) is 30.3 Å². The van der Waals surface area contributed by atoms with Crippen LogP contribution in [0.5, 0.6) is 0 Å². The number of likely N-dealkylation sites (N-methyl/N-ethyl adjacent to an activating group) is 1. The molecule has 0 bridgehead atoms. The smallest absolute Gasteiger partial charge is 0.180 e. The maximum absolute atomic E-state index is 12.4. The number of nitrogens with one attached hydrogen (secondary N) is 1. The first-order valence-electron chi connectivity index (χ1n) is 6.44. The van der Waals surface area contributed by atoms with Crippen molar-refractivity contribution in [3.63, 3.8) is 0 Å². The lowest BCUT2D eigenvalue weighted by atomic mass is 10.1. The van der Waals surface area contributed by atoms with Gasteiger partial charge in [0, 0.05) is 13.2 Å². The minimum atomic E-state index is -3.33. The van der Waals surface area contributed by atoms with E-state index in [-0.39, 0.29) is 11.8 Å². The molecule has 1 atom stereocenters. The van der Waals surface area contributed by atoms with Gasteiger partial charge in [-0.25, -0.2) is 8.42 Å². The van der Waals surface area contributed by atoms with E-state index in [1.165, 1.54) is 0 Å². The summed E-state index contributed by atoms with van der Waals surface area (Å²) < 4.78 is 29.9. The fourth-order valence-electron chi connectivity index (χ4n) is 2.14. The SMILES string of the molecule is CNC(COC)CS(=O)(=O)c1ccc2ccccc2c1. The molecule has 2 aromatic rings. The van der Waals surface area contributed by atoms with Crippen molar-refractivity contribution < 1.29 is 13.2 Å². The molecule has 0 amide bonds. The zero-order chi connectivity index (χ0) is 14.6. The van der Waals surface area contributed by atoms with Crippen molar-refractivity contribution in [2.75, 3.05) is 26.5 Å². The summed E-state index contributed by atoms with van der Waals surface area (Å²) in [5.41, 5.74) is 0. The van der Waals surface area contributed by atoms with Crippen LogP contribution in [0.15, 0.2) is 47.4 Å². The number of methoxy groups -OCH3 is 1. The monoisotopic (exact) mass is 293 g/mol. The van der Waals surface area contributed by atoms with Gasteiger partial charge in [0.1, 0.15) is 0 Å². The first-order chi connectivity index (χ1) is 9.56. The van der Waals surface area contributed by atoms with Crippen molar-refractivity contribution in [2.45, 2.75) is 10.9 Å². The van der Waals surface area contributed by atoms with Gasteiger partial charge in [-0.2, -0.15) is 0 Å². The quantitative estimate of drug-likeness (QED) is 0.883. The van der Waals surface area contributed by atoms with Crippen LogP contribution in [0.3, 0.4) is 0 Å². The van der Waals surface area contributed by atoms with Crippen molar-refractivity contribution >= 4 is 20.6 Å². The van der Waals surface area contributed by atoms with Gasteiger partial charge in [0.2, 0.25) is 0 Å². The van der Waals surface area contributed by atoms with E-state index in [2.05, 4.69) is 5.32 Å². The number of sulfone groups is 1. The zero-order valence-corrected chi connectivity index (χ0v) is 12.5. The summed E-state index contributed by atoms with van der Waals surface area (Å²) in [6.45, 7) is 0.364. The van der Waals surface area contributed by atoms with Crippen molar-refractivity contribution in [2.24, 2.45) is 0 Å². The lowest BCUT2D eigenvalue weighted by molar-refractivity contribution is 0.176. The minimum Gasteiger partial charge on any atom is -0.383 e. The van der Waals surface area contributed by atoms with E-state index in [0.29, 0.717) is 11.5 Å². The summed E-state index contributed by atoms with van der Waals surface area (Å²) in [5, 5.41) is 4.93. The Morgan fingerprint density at radius 3 is 2.50 bits per heavy atom. The van der Waals surface area contributed by atoms with Crippen LogP contribution in [0.25, 0.3) is 10.8 Å². The van der Waals surface area contributed by atoms with Crippen LogP contribution >= 0.6 is 0 Å². The van der Waals surface area contributed by atoms with E-state index in [9.17, 15) is 8.42 Å². The Morgan fingerprint density at radius 1 is 1.15 bits per heavy atom. The third-order valence-electron chi connectivity index (χ3n) is 3.28. The van der Waals surface area contributed by atoms with Crippen molar-refractivity contribution in [3.8, 4) is 0 Å². The molecule has 0 saturated heterocycles. The van der Waals surface area contributed by atoms with E-state index < -0.39 is 9.84 Å². The van der Waals surface area contributed by atoms with Crippen molar-refractivity contribution in [1.82, 2.24) is 5.32 Å². The van der Waals surface area contributed by atoms with Gasteiger partial charge in [0.25, 0.3) is 0 Å². The van der Waals surface area contributed by atoms with Crippen LogP contribution < -0.4 is 5.32 Å². The molecule has 2 aromatic carbocycles. The van der Waals surface area contributed by atoms with Gasteiger partial charge >= 0.3 is 0 Å². The summed E-state index contributed by atoms with van der Waals surface area (Å²) in [4.78, 5) is 0.354. The van der Waals surface area contributed by atoms with E-state index in [1.807, 2.05) is 30.3 Å². The van der Waals surface area contributed by atoms with E-state index in [0.717, 1.165) is 10.8 Å². The van der Waals surface area contributed by atoms with Gasteiger partial charge in [0.15, 0.2) is 9.84 Å². The number of rotatable bonds is 6. The molecule has 0 radical (unpaired) electrons. The molecular weight excluding hydrogens is 274 g/mol. The molecule has 1 N–H and O–H groups in total. The Bertz CT molecular complexity index is 682. The van der Waals surface area contributed by atoms with Gasteiger partial charge in [0.05, 0.1) is 17.3 Å². The molecule has 20 heavy (non-hydrogen) atoms. The van der Waals surface area contributed by atoms with E-state index in [1.54, 1.807) is 26.3 Å². The summed E-state index contributed by atoms with van der Waals surface area (Å²) in [6, 6.07) is 12.7. The van der Waals surface area contributed by atoms with Crippen LogP contribution in [0, 0.1) is 0 Å². The van der Waals surface area contributed by atoms with Gasteiger partial charge in [-0.05, 0) is 30.0 Å². The number of benzene rings is 2. The van der Waals surface area contributed by atoms with E-state index in [4.69, 9.17) is 4.74 Å². The highest BCUT2D eigenvalue weighted by Gasteiger charge is 2.20.